The van der Waals surface area contributed by atoms with Crippen LogP contribution >= 0.6 is 0 Å². The van der Waals surface area contributed by atoms with E-state index in [2.05, 4.69) is 5.32 Å². The van der Waals surface area contributed by atoms with Crippen LogP contribution in [0.5, 0.6) is 5.75 Å². The number of piperidine rings is 2. The van der Waals surface area contributed by atoms with E-state index in [0.717, 1.165) is 11.2 Å². The summed E-state index contributed by atoms with van der Waals surface area (Å²) in [5.74, 6) is -0.792. The van der Waals surface area contributed by atoms with Gasteiger partial charge in [-0.2, -0.15) is 4.73 Å². The molecule has 0 saturated carbocycles. The fraction of sp³-hybridized carbons (Fsp3) is 0.500. The van der Waals surface area contributed by atoms with Crippen LogP contribution in [0, 0.1) is 5.92 Å². The third-order valence-corrected chi connectivity index (χ3v) is 9.07. The van der Waals surface area contributed by atoms with Gasteiger partial charge in [-0.1, -0.05) is 13.8 Å². The van der Waals surface area contributed by atoms with Crippen molar-refractivity contribution in [3.8, 4) is 5.75 Å². The number of aromatic nitrogens is 1. The summed E-state index contributed by atoms with van der Waals surface area (Å²) in [5.41, 5.74) is -1.81. The van der Waals surface area contributed by atoms with Crippen LogP contribution in [0.3, 0.4) is 0 Å². The summed E-state index contributed by atoms with van der Waals surface area (Å²) in [6.07, 6.45) is 5.59. The van der Waals surface area contributed by atoms with Gasteiger partial charge in [-0.3, -0.25) is 14.4 Å². The standard InChI is InChI=1S/C26H27N3O5/c1-23(2)10-8-13-15(34-23)7-6-14-17-19(29(33)18(13)14)24(3,4)16-12-25-9-5-11-28(25)22(32)26(16,20(17)30)27-21(25)31/h6-8,10,16,33H,5,9,11-12H2,1-4H3,(H,27,31)/t16?,25-,26+/m0/s1. The smallest absolute Gasteiger partial charge is 0.257 e. The van der Waals surface area contributed by atoms with Crippen molar-refractivity contribution in [1.29, 1.82) is 0 Å². The van der Waals surface area contributed by atoms with Crippen LogP contribution in [-0.4, -0.2) is 55.7 Å². The maximum absolute atomic E-state index is 14.3. The number of nitrogens with zero attached hydrogens (tertiary/aromatic N) is 2. The van der Waals surface area contributed by atoms with Gasteiger partial charge in [0.25, 0.3) is 5.91 Å². The maximum atomic E-state index is 14.3. The molecule has 8 rings (SSSR count). The molecule has 2 N–H and O–H groups in total. The first kappa shape index (κ1) is 20.1. The molecule has 8 heteroatoms. The Morgan fingerprint density at radius 1 is 1.15 bits per heavy atom. The zero-order valence-corrected chi connectivity index (χ0v) is 19.7. The van der Waals surface area contributed by atoms with Crippen molar-refractivity contribution in [1.82, 2.24) is 14.9 Å². The molecule has 1 unspecified atom stereocenters. The van der Waals surface area contributed by atoms with Crippen LogP contribution < -0.4 is 10.1 Å². The van der Waals surface area contributed by atoms with E-state index < -0.39 is 33.8 Å². The number of benzene rings is 1. The van der Waals surface area contributed by atoms with Gasteiger partial charge in [-0.05, 0) is 57.4 Å². The molecule has 4 saturated heterocycles. The van der Waals surface area contributed by atoms with Gasteiger partial charge >= 0.3 is 0 Å². The highest BCUT2D eigenvalue weighted by atomic mass is 16.5. The first-order valence-electron chi connectivity index (χ1n) is 11.9. The zero-order chi connectivity index (χ0) is 24.0. The van der Waals surface area contributed by atoms with E-state index in [4.69, 9.17) is 4.74 Å². The molecule has 4 fully saturated rings. The van der Waals surface area contributed by atoms with Gasteiger partial charge in [0.1, 0.15) is 16.9 Å². The predicted octanol–water partition coefficient (Wildman–Crippen LogP) is 2.79. The quantitative estimate of drug-likeness (QED) is 0.464. The van der Waals surface area contributed by atoms with Crippen molar-refractivity contribution in [3.63, 3.8) is 0 Å². The maximum Gasteiger partial charge on any atom is 0.257 e. The van der Waals surface area contributed by atoms with Gasteiger partial charge in [0.2, 0.25) is 11.7 Å². The fourth-order valence-electron chi connectivity index (χ4n) is 7.52. The SMILES string of the molecule is CC1(C)C=Cc2c(ccc3c4c(n(O)c23)C(C)(C)C2C[C@]35CCCN3C(=O)[C@]2(NC5=O)C4=O)O1. The van der Waals surface area contributed by atoms with Crippen molar-refractivity contribution in [3.05, 3.63) is 35.0 Å². The van der Waals surface area contributed by atoms with Crippen molar-refractivity contribution < 1.29 is 24.3 Å². The van der Waals surface area contributed by atoms with E-state index in [1.807, 2.05) is 39.8 Å². The summed E-state index contributed by atoms with van der Waals surface area (Å²) in [7, 11) is 0. The molecule has 0 radical (unpaired) electrons. The number of ketones is 1. The Morgan fingerprint density at radius 3 is 2.68 bits per heavy atom. The monoisotopic (exact) mass is 461 g/mol. The molecule has 2 aromatic rings. The van der Waals surface area contributed by atoms with E-state index in [0.29, 0.717) is 52.9 Å². The lowest BCUT2D eigenvalue weighted by molar-refractivity contribution is -0.174. The molecule has 1 aliphatic carbocycles. The number of hydrogen-bond acceptors (Lipinski definition) is 5. The Labute approximate surface area is 196 Å². The summed E-state index contributed by atoms with van der Waals surface area (Å²) < 4.78 is 7.23. The van der Waals surface area contributed by atoms with Gasteiger partial charge in [-0.25, -0.2) is 0 Å². The molecular formula is C26H27N3O5. The largest absolute Gasteiger partial charge is 0.483 e. The lowest BCUT2D eigenvalue weighted by atomic mass is 9.51. The molecule has 1 aromatic heterocycles. The second-order valence-corrected chi connectivity index (χ2v) is 11.6. The molecular weight excluding hydrogens is 434 g/mol. The highest BCUT2D eigenvalue weighted by molar-refractivity contribution is 6.28. The summed E-state index contributed by atoms with van der Waals surface area (Å²) >= 11 is 0. The topological polar surface area (TPSA) is 101 Å². The van der Waals surface area contributed by atoms with Crippen molar-refractivity contribution in [2.24, 2.45) is 5.92 Å². The van der Waals surface area contributed by atoms with Crippen LogP contribution in [-0.2, 0) is 15.0 Å². The minimum Gasteiger partial charge on any atom is -0.483 e. The molecule has 6 aliphatic rings. The lowest BCUT2D eigenvalue weighted by Gasteiger charge is -2.62. The van der Waals surface area contributed by atoms with Gasteiger partial charge in [0, 0.05) is 28.8 Å². The van der Waals surface area contributed by atoms with Crippen molar-refractivity contribution in [2.75, 3.05) is 6.54 Å². The number of hydrogen-bond donors (Lipinski definition) is 2. The lowest BCUT2D eigenvalue weighted by Crippen LogP contribution is -2.86. The second kappa shape index (κ2) is 5.50. The number of carbonyl (C=O) groups excluding carboxylic acids is 3. The van der Waals surface area contributed by atoms with Crippen molar-refractivity contribution in [2.45, 2.75) is 69.1 Å². The predicted molar refractivity (Wildman–Crippen MR) is 123 cm³/mol. The molecule has 5 aliphatic heterocycles. The number of fused-ring (bicyclic) bond motifs is 6. The zero-order valence-electron chi connectivity index (χ0n) is 19.7. The highest BCUT2D eigenvalue weighted by Gasteiger charge is 2.76. The molecule has 2 amide bonds. The second-order valence-electron chi connectivity index (χ2n) is 11.6. The van der Waals surface area contributed by atoms with Crippen molar-refractivity contribution >= 4 is 34.6 Å². The van der Waals surface area contributed by atoms with Crippen LogP contribution in [0.2, 0.25) is 0 Å². The normalized spacial score (nSPS) is 33.8. The Hall–Kier alpha value is -3.29. The Balaban J connectivity index is 1.54. The Bertz CT molecular complexity index is 1420. The number of rotatable bonds is 0. The van der Waals surface area contributed by atoms with E-state index in [1.54, 1.807) is 17.0 Å². The Morgan fingerprint density at radius 2 is 1.91 bits per heavy atom. The molecule has 176 valence electrons. The fourth-order valence-corrected chi connectivity index (χ4v) is 7.52. The van der Waals surface area contributed by atoms with E-state index in [-0.39, 0.29) is 11.8 Å². The minimum atomic E-state index is -1.64. The van der Waals surface area contributed by atoms with Gasteiger partial charge in [-0.15, -0.1) is 0 Å². The number of amides is 2. The molecule has 2 spiro atoms. The van der Waals surface area contributed by atoms with Crippen LogP contribution in [0.15, 0.2) is 18.2 Å². The number of Topliss-reactive ketones (excluding diaryl/α,β-unsaturated/α-hetero) is 1. The average Bonchev–Trinajstić information content (AvgIpc) is 3.33. The molecule has 2 bridgehead atoms. The number of ether oxygens (including phenoxy) is 1. The molecule has 1 aromatic carbocycles. The van der Waals surface area contributed by atoms with Crippen LogP contribution in [0.25, 0.3) is 17.0 Å². The number of piperazine rings is 1. The highest BCUT2D eigenvalue weighted by Crippen LogP contribution is 2.60. The average molecular weight is 462 g/mol. The molecule has 3 atom stereocenters. The third-order valence-electron chi connectivity index (χ3n) is 9.07. The minimum absolute atomic E-state index is 0.225. The third kappa shape index (κ3) is 1.90. The van der Waals surface area contributed by atoms with E-state index in [1.165, 1.54) is 0 Å². The first-order valence-corrected chi connectivity index (χ1v) is 11.9. The molecule has 6 heterocycles. The summed E-state index contributed by atoms with van der Waals surface area (Å²) in [4.78, 5) is 43.2. The van der Waals surface area contributed by atoms with Crippen LogP contribution in [0.1, 0.15) is 68.6 Å². The van der Waals surface area contributed by atoms with E-state index in [9.17, 15) is 19.6 Å². The molecule has 34 heavy (non-hydrogen) atoms. The summed E-state index contributed by atoms with van der Waals surface area (Å²) in [6.45, 7) is 8.33. The van der Waals surface area contributed by atoms with Crippen LogP contribution in [0.4, 0.5) is 0 Å². The van der Waals surface area contributed by atoms with Gasteiger partial charge in [0.15, 0.2) is 5.54 Å². The summed E-state index contributed by atoms with van der Waals surface area (Å²) in [5, 5.41) is 15.0. The molecule has 8 nitrogen and oxygen atoms in total. The van der Waals surface area contributed by atoms with E-state index >= 15 is 0 Å². The Kier molecular flexibility index (Phi) is 3.26. The van der Waals surface area contributed by atoms with Gasteiger partial charge < -0.3 is 20.2 Å². The number of carbonyl (C=O) groups is 3. The number of nitrogens with one attached hydrogen (secondary N) is 1. The first-order chi connectivity index (χ1) is 16.0. The summed E-state index contributed by atoms with van der Waals surface area (Å²) in [6, 6.07) is 3.58. The van der Waals surface area contributed by atoms with Gasteiger partial charge in [0.05, 0.1) is 16.8 Å².